The summed E-state index contributed by atoms with van der Waals surface area (Å²) in [5.74, 6) is -0.161. The van der Waals surface area contributed by atoms with E-state index in [2.05, 4.69) is 15.9 Å². The van der Waals surface area contributed by atoms with Crippen molar-refractivity contribution >= 4 is 21.9 Å². The molecular weight excluding hydrogens is 270 g/mol. The predicted octanol–water partition coefficient (Wildman–Crippen LogP) is 2.23. The summed E-state index contributed by atoms with van der Waals surface area (Å²) in [6.45, 7) is 0.698. The molecule has 0 radical (unpaired) electrons. The monoisotopic (exact) mass is 283 g/mol. The Morgan fingerprint density at radius 3 is 2.69 bits per heavy atom. The van der Waals surface area contributed by atoms with Crippen LogP contribution in [-0.4, -0.2) is 12.5 Å². The number of benzene rings is 1. The zero-order valence-corrected chi connectivity index (χ0v) is 10.5. The second kappa shape index (κ2) is 4.55. The lowest BCUT2D eigenvalue weighted by Gasteiger charge is -2.12. The van der Waals surface area contributed by atoms with E-state index in [4.69, 9.17) is 10.5 Å². The molecule has 0 aromatic heterocycles. The summed E-state index contributed by atoms with van der Waals surface area (Å²) in [4.78, 5) is 11.7. The first kappa shape index (κ1) is 11.6. The Balaban J connectivity index is 1.93. The number of rotatable bonds is 4. The molecule has 0 heterocycles. The Labute approximate surface area is 103 Å². The van der Waals surface area contributed by atoms with Gasteiger partial charge in [-0.3, -0.25) is 4.79 Å². The molecule has 86 valence electrons. The van der Waals surface area contributed by atoms with Gasteiger partial charge in [-0.25, -0.2) is 0 Å². The quantitative estimate of drug-likeness (QED) is 0.863. The summed E-state index contributed by atoms with van der Waals surface area (Å²) < 4.78 is 6.24. The highest BCUT2D eigenvalue weighted by molar-refractivity contribution is 9.10. The fourth-order valence-corrected chi connectivity index (χ4v) is 1.95. The highest BCUT2D eigenvalue weighted by Crippen LogP contribution is 2.45. The summed E-state index contributed by atoms with van der Waals surface area (Å²) in [5, 5.41) is 0. The number of halogens is 1. The highest BCUT2D eigenvalue weighted by Gasteiger charge is 2.50. The summed E-state index contributed by atoms with van der Waals surface area (Å²) in [6, 6.07) is 7.71. The van der Waals surface area contributed by atoms with E-state index in [0.717, 1.165) is 22.9 Å². The van der Waals surface area contributed by atoms with Crippen molar-refractivity contribution in [1.82, 2.24) is 0 Å². The van der Waals surface area contributed by atoms with Gasteiger partial charge < -0.3 is 10.5 Å². The SMILES string of the molecule is NCC1(C(=O)OCc2ccccc2Br)CC1. The molecule has 16 heavy (non-hydrogen) atoms. The number of hydrogen-bond acceptors (Lipinski definition) is 3. The van der Waals surface area contributed by atoms with Gasteiger partial charge in [0.05, 0.1) is 5.41 Å². The Morgan fingerprint density at radius 2 is 2.12 bits per heavy atom. The predicted molar refractivity (Wildman–Crippen MR) is 64.7 cm³/mol. The normalized spacial score (nSPS) is 16.9. The average molecular weight is 284 g/mol. The lowest BCUT2D eigenvalue weighted by molar-refractivity contribution is -0.151. The van der Waals surface area contributed by atoms with Crippen molar-refractivity contribution in [2.45, 2.75) is 19.4 Å². The minimum atomic E-state index is -0.374. The van der Waals surface area contributed by atoms with Gasteiger partial charge in [0.1, 0.15) is 6.61 Å². The van der Waals surface area contributed by atoms with Crippen LogP contribution in [0.4, 0.5) is 0 Å². The van der Waals surface area contributed by atoms with Crippen LogP contribution >= 0.6 is 15.9 Å². The molecule has 0 bridgehead atoms. The molecule has 1 saturated carbocycles. The maximum atomic E-state index is 11.7. The minimum Gasteiger partial charge on any atom is -0.460 e. The second-order valence-corrected chi connectivity index (χ2v) is 5.01. The van der Waals surface area contributed by atoms with Crippen LogP contribution in [0, 0.1) is 5.41 Å². The molecule has 2 N–H and O–H groups in total. The Kier molecular flexibility index (Phi) is 3.30. The van der Waals surface area contributed by atoms with Crippen molar-refractivity contribution in [3.8, 4) is 0 Å². The maximum absolute atomic E-state index is 11.7. The molecule has 1 aliphatic rings. The molecule has 0 aliphatic heterocycles. The number of ether oxygens (including phenoxy) is 1. The molecule has 0 amide bonds. The van der Waals surface area contributed by atoms with Crippen molar-refractivity contribution < 1.29 is 9.53 Å². The van der Waals surface area contributed by atoms with Gasteiger partial charge in [0, 0.05) is 16.6 Å². The first-order chi connectivity index (χ1) is 7.68. The second-order valence-electron chi connectivity index (χ2n) is 4.15. The van der Waals surface area contributed by atoms with E-state index in [9.17, 15) is 4.79 Å². The molecule has 1 aliphatic carbocycles. The number of carbonyl (C=O) groups is 1. The van der Waals surface area contributed by atoms with E-state index in [-0.39, 0.29) is 11.4 Å². The van der Waals surface area contributed by atoms with Gasteiger partial charge in [-0.15, -0.1) is 0 Å². The maximum Gasteiger partial charge on any atom is 0.313 e. The van der Waals surface area contributed by atoms with Crippen LogP contribution < -0.4 is 5.73 Å². The average Bonchev–Trinajstić information content (AvgIpc) is 3.08. The fourth-order valence-electron chi connectivity index (χ4n) is 1.55. The van der Waals surface area contributed by atoms with Gasteiger partial charge >= 0.3 is 5.97 Å². The molecule has 2 rings (SSSR count). The smallest absolute Gasteiger partial charge is 0.313 e. The molecule has 0 saturated heterocycles. The Hall–Kier alpha value is -0.870. The number of nitrogens with two attached hydrogens (primary N) is 1. The van der Waals surface area contributed by atoms with Crippen molar-refractivity contribution in [1.29, 1.82) is 0 Å². The van der Waals surface area contributed by atoms with Crippen LogP contribution in [0.25, 0.3) is 0 Å². The van der Waals surface area contributed by atoms with E-state index in [1.807, 2.05) is 24.3 Å². The third-order valence-electron chi connectivity index (χ3n) is 2.99. The summed E-state index contributed by atoms with van der Waals surface area (Å²) in [5.41, 5.74) is 6.16. The standard InChI is InChI=1S/C12H14BrNO2/c13-10-4-2-1-3-9(10)7-16-11(15)12(8-14)5-6-12/h1-4H,5-8,14H2. The van der Waals surface area contributed by atoms with Crippen molar-refractivity contribution in [2.24, 2.45) is 11.1 Å². The number of carbonyl (C=O) groups excluding carboxylic acids is 1. The van der Waals surface area contributed by atoms with Gasteiger partial charge in [-0.05, 0) is 18.9 Å². The van der Waals surface area contributed by atoms with E-state index in [1.54, 1.807) is 0 Å². The number of hydrogen-bond donors (Lipinski definition) is 1. The van der Waals surface area contributed by atoms with Gasteiger partial charge in [0.15, 0.2) is 0 Å². The Bertz CT molecular complexity index is 402. The lowest BCUT2D eigenvalue weighted by Crippen LogP contribution is -2.27. The number of esters is 1. The van der Waals surface area contributed by atoms with Crippen LogP contribution in [-0.2, 0) is 16.1 Å². The highest BCUT2D eigenvalue weighted by atomic mass is 79.9. The van der Waals surface area contributed by atoms with Crippen molar-refractivity contribution in [3.05, 3.63) is 34.3 Å². The molecule has 1 fully saturated rings. The third-order valence-corrected chi connectivity index (χ3v) is 3.77. The summed E-state index contributed by atoms with van der Waals surface area (Å²) >= 11 is 3.41. The van der Waals surface area contributed by atoms with Crippen LogP contribution in [0.5, 0.6) is 0 Å². The van der Waals surface area contributed by atoms with Crippen molar-refractivity contribution in [2.75, 3.05) is 6.54 Å². The van der Waals surface area contributed by atoms with Gasteiger partial charge in [-0.1, -0.05) is 34.1 Å². The van der Waals surface area contributed by atoms with E-state index < -0.39 is 0 Å². The molecule has 1 aromatic carbocycles. The van der Waals surface area contributed by atoms with Crippen LogP contribution in [0.1, 0.15) is 18.4 Å². The zero-order valence-electron chi connectivity index (χ0n) is 8.91. The molecule has 0 atom stereocenters. The first-order valence-electron chi connectivity index (χ1n) is 5.29. The topological polar surface area (TPSA) is 52.3 Å². The van der Waals surface area contributed by atoms with E-state index >= 15 is 0 Å². The molecular formula is C12H14BrNO2. The molecule has 3 nitrogen and oxygen atoms in total. The van der Waals surface area contributed by atoms with Crippen LogP contribution in [0.3, 0.4) is 0 Å². The minimum absolute atomic E-state index is 0.161. The largest absolute Gasteiger partial charge is 0.460 e. The molecule has 0 spiro atoms. The van der Waals surface area contributed by atoms with Crippen LogP contribution in [0.2, 0.25) is 0 Å². The van der Waals surface area contributed by atoms with E-state index in [1.165, 1.54) is 0 Å². The van der Waals surface area contributed by atoms with E-state index in [0.29, 0.717) is 13.2 Å². The van der Waals surface area contributed by atoms with Gasteiger partial charge in [-0.2, -0.15) is 0 Å². The lowest BCUT2D eigenvalue weighted by atomic mass is 10.1. The third kappa shape index (κ3) is 2.28. The molecule has 0 unspecified atom stereocenters. The zero-order chi connectivity index (χ0) is 11.6. The van der Waals surface area contributed by atoms with Gasteiger partial charge in [0.2, 0.25) is 0 Å². The first-order valence-corrected chi connectivity index (χ1v) is 6.08. The molecule has 1 aromatic rings. The summed E-state index contributed by atoms with van der Waals surface area (Å²) in [7, 11) is 0. The van der Waals surface area contributed by atoms with Crippen LogP contribution in [0.15, 0.2) is 28.7 Å². The van der Waals surface area contributed by atoms with Gasteiger partial charge in [0.25, 0.3) is 0 Å². The molecule has 4 heteroatoms. The fraction of sp³-hybridized carbons (Fsp3) is 0.417. The van der Waals surface area contributed by atoms with Crippen molar-refractivity contribution in [3.63, 3.8) is 0 Å². The Morgan fingerprint density at radius 1 is 1.44 bits per heavy atom. The summed E-state index contributed by atoms with van der Waals surface area (Å²) in [6.07, 6.45) is 1.72.